The number of primary amides is 1. The van der Waals surface area contributed by atoms with Gasteiger partial charge in [-0.3, -0.25) is 24.0 Å². The van der Waals surface area contributed by atoms with Crippen molar-refractivity contribution in [1.29, 1.82) is 0 Å². The molecule has 9 N–H and O–H groups in total. The number of nitrogens with one attached hydrogen (secondary N) is 3. The number of nitrogens with two attached hydrogens (primary N) is 2. The topological polar surface area (TPSA) is 231 Å². The van der Waals surface area contributed by atoms with Crippen LogP contribution in [0.1, 0.15) is 33.1 Å². The number of amides is 4. The van der Waals surface area contributed by atoms with Crippen LogP contribution in [0.3, 0.4) is 0 Å². The highest BCUT2D eigenvalue weighted by atomic mass is 32.1. The lowest BCUT2D eigenvalue weighted by molar-refractivity contribution is -0.147. The van der Waals surface area contributed by atoms with Crippen molar-refractivity contribution >= 4 is 48.2 Å². The van der Waals surface area contributed by atoms with Gasteiger partial charge in [-0.1, -0.05) is 13.8 Å². The van der Waals surface area contributed by atoms with Crippen molar-refractivity contribution in [3.63, 3.8) is 0 Å². The fourth-order valence-corrected chi connectivity index (χ4v) is 2.56. The van der Waals surface area contributed by atoms with Gasteiger partial charge in [0.05, 0.1) is 18.9 Å². The fourth-order valence-electron chi connectivity index (χ4n) is 2.39. The highest BCUT2D eigenvalue weighted by Crippen LogP contribution is 2.07. The first-order valence-electron chi connectivity index (χ1n) is 9.28. The number of rotatable bonds is 14. The van der Waals surface area contributed by atoms with Gasteiger partial charge in [-0.25, -0.2) is 4.79 Å². The minimum absolute atomic E-state index is 0.0225. The molecule has 14 heteroatoms. The predicted molar refractivity (Wildman–Crippen MR) is 111 cm³/mol. The van der Waals surface area contributed by atoms with Crippen molar-refractivity contribution in [3.8, 4) is 0 Å². The molecule has 0 rings (SSSR count). The van der Waals surface area contributed by atoms with Crippen LogP contribution >= 0.6 is 12.6 Å². The van der Waals surface area contributed by atoms with Crippen LogP contribution in [0.25, 0.3) is 0 Å². The third-order valence-electron chi connectivity index (χ3n) is 3.91. The summed E-state index contributed by atoms with van der Waals surface area (Å²) in [6.45, 7) is 3.56. The monoisotopic (exact) mass is 463 g/mol. The molecule has 0 aromatic carbocycles. The van der Waals surface area contributed by atoms with E-state index in [2.05, 4.69) is 23.3 Å². The summed E-state index contributed by atoms with van der Waals surface area (Å²) in [7, 11) is 0. The van der Waals surface area contributed by atoms with E-state index < -0.39 is 72.6 Å². The summed E-state index contributed by atoms with van der Waals surface area (Å²) in [5, 5.41) is 24.5. The Morgan fingerprint density at radius 3 is 1.74 bits per heavy atom. The summed E-state index contributed by atoms with van der Waals surface area (Å²) < 4.78 is 0. The summed E-state index contributed by atoms with van der Waals surface area (Å²) in [4.78, 5) is 70.4. The number of hydrogen-bond acceptors (Lipinski definition) is 8. The number of carboxylic acids is 2. The Labute approximate surface area is 184 Å². The van der Waals surface area contributed by atoms with Crippen LogP contribution in [0.5, 0.6) is 0 Å². The Morgan fingerprint density at radius 2 is 1.32 bits per heavy atom. The van der Waals surface area contributed by atoms with Crippen molar-refractivity contribution in [2.24, 2.45) is 17.4 Å². The van der Waals surface area contributed by atoms with Crippen LogP contribution in [0.4, 0.5) is 0 Å². The quantitative estimate of drug-likeness (QED) is 0.124. The van der Waals surface area contributed by atoms with Gasteiger partial charge in [0.1, 0.15) is 18.1 Å². The van der Waals surface area contributed by atoms with Crippen molar-refractivity contribution in [3.05, 3.63) is 0 Å². The first-order valence-corrected chi connectivity index (χ1v) is 9.92. The lowest BCUT2D eigenvalue weighted by atomic mass is 10.0. The van der Waals surface area contributed by atoms with Crippen molar-refractivity contribution in [2.45, 2.75) is 57.3 Å². The van der Waals surface area contributed by atoms with Crippen molar-refractivity contribution < 1.29 is 39.0 Å². The van der Waals surface area contributed by atoms with E-state index in [-0.39, 0.29) is 18.1 Å². The van der Waals surface area contributed by atoms with Crippen molar-refractivity contribution in [2.75, 3.05) is 5.75 Å². The minimum Gasteiger partial charge on any atom is -0.481 e. The summed E-state index contributed by atoms with van der Waals surface area (Å²) in [6.07, 6.45) is -1.44. The molecule has 0 aromatic heterocycles. The van der Waals surface area contributed by atoms with Gasteiger partial charge in [0.25, 0.3) is 0 Å². The molecule has 0 heterocycles. The third kappa shape index (κ3) is 11.2. The zero-order valence-corrected chi connectivity index (χ0v) is 18.1. The van der Waals surface area contributed by atoms with E-state index in [1.54, 1.807) is 13.8 Å². The Hall–Kier alpha value is -2.87. The minimum atomic E-state index is -1.79. The first-order chi connectivity index (χ1) is 14.3. The molecule has 4 amide bonds. The van der Waals surface area contributed by atoms with E-state index in [4.69, 9.17) is 21.7 Å². The molecular weight excluding hydrogens is 434 g/mol. The molecular formula is C17H29N5O8S. The van der Waals surface area contributed by atoms with Crippen LogP contribution in [0.15, 0.2) is 0 Å². The molecule has 13 nitrogen and oxygen atoms in total. The van der Waals surface area contributed by atoms with Crippen LogP contribution in [-0.2, 0) is 28.8 Å². The number of carboxylic acid groups (broad SMARTS) is 2. The molecule has 0 saturated carbocycles. The van der Waals surface area contributed by atoms with E-state index >= 15 is 0 Å². The van der Waals surface area contributed by atoms with E-state index in [0.717, 1.165) is 0 Å². The van der Waals surface area contributed by atoms with Gasteiger partial charge in [-0.2, -0.15) is 12.6 Å². The van der Waals surface area contributed by atoms with Crippen LogP contribution in [-0.4, -0.2) is 75.7 Å². The predicted octanol–water partition coefficient (Wildman–Crippen LogP) is -2.82. The SMILES string of the molecule is CC(C)CC(NC(=O)C(N)CS)C(=O)NC(CC(N)=O)C(=O)NC(CC(=O)O)C(=O)O. The molecule has 0 fully saturated rings. The van der Waals surface area contributed by atoms with Gasteiger partial charge in [0.2, 0.25) is 23.6 Å². The van der Waals surface area contributed by atoms with E-state index in [9.17, 15) is 28.8 Å². The molecule has 0 saturated heterocycles. The molecule has 4 unspecified atom stereocenters. The average Bonchev–Trinajstić information content (AvgIpc) is 2.64. The zero-order chi connectivity index (χ0) is 24.3. The Bertz CT molecular complexity index is 702. The number of hydrogen-bond donors (Lipinski definition) is 8. The molecule has 4 atom stereocenters. The summed E-state index contributed by atoms with van der Waals surface area (Å²) in [5.74, 6) is -6.73. The second-order valence-corrected chi connectivity index (χ2v) is 7.57. The molecule has 176 valence electrons. The molecule has 0 radical (unpaired) electrons. The number of carbonyl (C=O) groups is 6. The molecule has 0 aliphatic heterocycles. The number of carbonyl (C=O) groups excluding carboxylic acids is 4. The standard InChI is InChI=1S/C17H29N5O8S/c1-7(2)3-9(20-14(26)8(18)6-31)15(27)21-10(4-12(19)23)16(28)22-11(17(29)30)5-13(24)25/h7-11,31H,3-6,18H2,1-2H3,(H2,19,23)(H,20,26)(H,21,27)(H,22,28)(H,24,25)(H,29,30). The number of aliphatic carboxylic acids is 2. The van der Waals surface area contributed by atoms with E-state index in [1.807, 2.05) is 5.32 Å². The highest BCUT2D eigenvalue weighted by molar-refractivity contribution is 7.80. The summed E-state index contributed by atoms with van der Waals surface area (Å²) >= 11 is 3.91. The largest absolute Gasteiger partial charge is 0.481 e. The van der Waals surface area contributed by atoms with Gasteiger partial charge in [-0.05, 0) is 12.3 Å². The Balaban J connectivity index is 5.51. The molecule has 0 spiro atoms. The highest BCUT2D eigenvalue weighted by Gasteiger charge is 2.32. The molecule has 31 heavy (non-hydrogen) atoms. The fraction of sp³-hybridized carbons (Fsp3) is 0.647. The maximum Gasteiger partial charge on any atom is 0.326 e. The molecule has 0 aliphatic carbocycles. The zero-order valence-electron chi connectivity index (χ0n) is 17.2. The van der Waals surface area contributed by atoms with Crippen molar-refractivity contribution in [1.82, 2.24) is 16.0 Å². The second-order valence-electron chi connectivity index (χ2n) is 7.21. The van der Waals surface area contributed by atoms with Gasteiger partial charge >= 0.3 is 11.9 Å². The maximum atomic E-state index is 12.7. The smallest absolute Gasteiger partial charge is 0.326 e. The van der Waals surface area contributed by atoms with Gasteiger partial charge in [0, 0.05) is 5.75 Å². The third-order valence-corrected chi connectivity index (χ3v) is 4.30. The number of thiol groups is 1. The second kappa shape index (κ2) is 13.4. The lowest BCUT2D eigenvalue weighted by Gasteiger charge is -2.25. The van der Waals surface area contributed by atoms with Crippen LogP contribution in [0, 0.1) is 5.92 Å². The normalized spacial score (nSPS) is 14.6. The van der Waals surface area contributed by atoms with Crippen LogP contribution < -0.4 is 27.4 Å². The van der Waals surface area contributed by atoms with E-state index in [0.29, 0.717) is 0 Å². The van der Waals surface area contributed by atoms with E-state index in [1.165, 1.54) is 0 Å². The Morgan fingerprint density at radius 1 is 0.839 bits per heavy atom. The molecule has 0 aliphatic rings. The molecule has 0 aromatic rings. The summed E-state index contributed by atoms with van der Waals surface area (Å²) in [5.41, 5.74) is 10.7. The van der Waals surface area contributed by atoms with Crippen LogP contribution in [0.2, 0.25) is 0 Å². The first kappa shape index (κ1) is 28.1. The Kier molecular flexibility index (Phi) is 12.2. The molecule has 0 bridgehead atoms. The van der Waals surface area contributed by atoms with Gasteiger partial charge < -0.3 is 37.6 Å². The average molecular weight is 464 g/mol. The lowest BCUT2D eigenvalue weighted by Crippen LogP contribution is -2.58. The summed E-state index contributed by atoms with van der Waals surface area (Å²) in [6, 6.07) is -5.48. The maximum absolute atomic E-state index is 12.7. The van der Waals surface area contributed by atoms with Gasteiger partial charge in [0.15, 0.2) is 0 Å². The van der Waals surface area contributed by atoms with Gasteiger partial charge in [-0.15, -0.1) is 0 Å².